The van der Waals surface area contributed by atoms with Crippen molar-refractivity contribution in [2.45, 2.75) is 19.4 Å². The number of nitrogens with one attached hydrogen (secondary N) is 1. The highest BCUT2D eigenvalue weighted by Gasteiger charge is 2.12. The number of hydrogen-bond acceptors (Lipinski definition) is 2. The second-order valence-electron chi connectivity index (χ2n) is 4.22. The molecule has 0 saturated heterocycles. The van der Waals surface area contributed by atoms with Crippen LogP contribution in [0.1, 0.15) is 24.9 Å². The van der Waals surface area contributed by atoms with Gasteiger partial charge >= 0.3 is 0 Å². The van der Waals surface area contributed by atoms with Crippen LogP contribution in [0.4, 0.5) is 0 Å². The van der Waals surface area contributed by atoms with E-state index in [0.717, 1.165) is 19.5 Å². The van der Waals surface area contributed by atoms with Crippen molar-refractivity contribution in [2.24, 2.45) is 0 Å². The number of halogens is 1. The molecule has 1 aromatic carbocycles. The van der Waals surface area contributed by atoms with Crippen LogP contribution in [-0.2, 0) is 0 Å². The van der Waals surface area contributed by atoms with Crippen molar-refractivity contribution >= 4 is 15.9 Å². The Morgan fingerprint density at radius 3 is 2.56 bits per heavy atom. The first kappa shape index (κ1) is 13.7. The molecule has 0 fully saturated rings. The van der Waals surface area contributed by atoms with Crippen molar-refractivity contribution in [3.8, 4) is 0 Å². The lowest BCUT2D eigenvalue weighted by Crippen LogP contribution is -2.25. The maximum atomic E-state index is 3.62. The van der Waals surface area contributed by atoms with E-state index < -0.39 is 0 Å². The summed E-state index contributed by atoms with van der Waals surface area (Å²) in [6.07, 6.45) is 1.13. The molecule has 90 valence electrons. The zero-order chi connectivity index (χ0) is 12.0. The van der Waals surface area contributed by atoms with Crippen LogP contribution in [0.2, 0.25) is 0 Å². The molecule has 0 bridgehead atoms. The van der Waals surface area contributed by atoms with Crippen LogP contribution in [0, 0.1) is 0 Å². The van der Waals surface area contributed by atoms with Gasteiger partial charge in [0.1, 0.15) is 0 Å². The number of nitrogens with zero attached hydrogens (tertiary/aromatic N) is 1. The predicted octanol–water partition coefficient (Wildman–Crippen LogP) is 3.05. The van der Waals surface area contributed by atoms with Gasteiger partial charge in [-0.2, -0.15) is 0 Å². The summed E-state index contributed by atoms with van der Waals surface area (Å²) in [6.45, 7) is 4.25. The zero-order valence-electron chi connectivity index (χ0n) is 10.3. The van der Waals surface area contributed by atoms with Crippen molar-refractivity contribution in [3.05, 3.63) is 34.3 Å². The van der Waals surface area contributed by atoms with Crippen LogP contribution < -0.4 is 5.32 Å². The monoisotopic (exact) mass is 284 g/mol. The fourth-order valence-electron chi connectivity index (χ4n) is 1.76. The summed E-state index contributed by atoms with van der Waals surface area (Å²) in [4.78, 5) is 2.22. The van der Waals surface area contributed by atoms with Gasteiger partial charge < -0.3 is 10.2 Å². The van der Waals surface area contributed by atoms with Gasteiger partial charge in [0.2, 0.25) is 0 Å². The molecule has 1 N–H and O–H groups in total. The maximum absolute atomic E-state index is 3.62. The van der Waals surface area contributed by atoms with Crippen molar-refractivity contribution < 1.29 is 0 Å². The van der Waals surface area contributed by atoms with Gasteiger partial charge in [0.25, 0.3) is 0 Å². The third kappa shape index (κ3) is 4.24. The summed E-state index contributed by atoms with van der Waals surface area (Å²) in [5.74, 6) is 0. The highest BCUT2D eigenvalue weighted by atomic mass is 79.9. The molecule has 0 aliphatic heterocycles. The van der Waals surface area contributed by atoms with Gasteiger partial charge in [-0.3, -0.25) is 0 Å². The van der Waals surface area contributed by atoms with Gasteiger partial charge in [-0.1, -0.05) is 41.1 Å². The zero-order valence-corrected chi connectivity index (χ0v) is 11.9. The molecule has 2 nitrogen and oxygen atoms in total. The van der Waals surface area contributed by atoms with Crippen molar-refractivity contribution in [2.75, 3.05) is 27.2 Å². The van der Waals surface area contributed by atoms with E-state index in [1.807, 2.05) is 0 Å². The predicted molar refractivity (Wildman–Crippen MR) is 73.7 cm³/mol. The van der Waals surface area contributed by atoms with Gasteiger partial charge in [0, 0.05) is 10.5 Å². The number of hydrogen-bond donors (Lipinski definition) is 1. The van der Waals surface area contributed by atoms with Crippen molar-refractivity contribution in [1.29, 1.82) is 0 Å². The van der Waals surface area contributed by atoms with Crippen LogP contribution in [0.25, 0.3) is 0 Å². The van der Waals surface area contributed by atoms with Gasteiger partial charge in [0.15, 0.2) is 0 Å². The second-order valence-corrected chi connectivity index (χ2v) is 5.08. The quantitative estimate of drug-likeness (QED) is 0.864. The Balaban J connectivity index is 2.73. The van der Waals surface area contributed by atoms with E-state index in [0.29, 0.717) is 6.04 Å². The third-order valence-electron chi connectivity index (χ3n) is 2.60. The standard InChI is InChI=1S/C13H21BrN2/c1-4-15-13(9-10-16(2)3)11-7-5-6-8-12(11)14/h5-8,13,15H,4,9-10H2,1-3H3. The highest BCUT2D eigenvalue weighted by molar-refractivity contribution is 9.10. The van der Waals surface area contributed by atoms with Crippen LogP contribution in [0.15, 0.2) is 28.7 Å². The van der Waals surface area contributed by atoms with E-state index in [4.69, 9.17) is 0 Å². The lowest BCUT2D eigenvalue weighted by Gasteiger charge is -2.21. The molecule has 1 atom stereocenters. The smallest absolute Gasteiger partial charge is 0.0343 e. The molecular formula is C13H21BrN2. The average molecular weight is 285 g/mol. The molecule has 1 aromatic rings. The normalized spacial score (nSPS) is 13.1. The Labute approximate surface area is 107 Å². The van der Waals surface area contributed by atoms with Gasteiger partial charge in [-0.15, -0.1) is 0 Å². The molecular weight excluding hydrogens is 264 g/mol. The fourth-order valence-corrected chi connectivity index (χ4v) is 2.32. The van der Waals surface area contributed by atoms with E-state index in [-0.39, 0.29) is 0 Å². The molecule has 1 unspecified atom stereocenters. The van der Waals surface area contributed by atoms with E-state index in [1.54, 1.807) is 0 Å². The topological polar surface area (TPSA) is 15.3 Å². The van der Waals surface area contributed by atoms with Gasteiger partial charge in [-0.25, -0.2) is 0 Å². The minimum atomic E-state index is 0.433. The lowest BCUT2D eigenvalue weighted by atomic mass is 10.0. The first-order valence-electron chi connectivity index (χ1n) is 5.77. The molecule has 16 heavy (non-hydrogen) atoms. The Hall–Kier alpha value is -0.380. The summed E-state index contributed by atoms with van der Waals surface area (Å²) >= 11 is 3.62. The van der Waals surface area contributed by atoms with Crippen LogP contribution in [0.3, 0.4) is 0 Å². The number of benzene rings is 1. The molecule has 0 aliphatic carbocycles. The van der Waals surface area contributed by atoms with Crippen LogP contribution >= 0.6 is 15.9 Å². The molecule has 0 aromatic heterocycles. The van der Waals surface area contributed by atoms with Crippen molar-refractivity contribution in [1.82, 2.24) is 10.2 Å². The summed E-state index contributed by atoms with van der Waals surface area (Å²) in [5, 5.41) is 3.54. The molecule has 0 saturated carbocycles. The first-order chi connectivity index (χ1) is 7.65. The molecule has 3 heteroatoms. The lowest BCUT2D eigenvalue weighted by molar-refractivity contribution is 0.363. The molecule has 0 heterocycles. The van der Waals surface area contributed by atoms with E-state index >= 15 is 0 Å². The Bertz CT molecular complexity index is 313. The Morgan fingerprint density at radius 2 is 2.00 bits per heavy atom. The summed E-state index contributed by atoms with van der Waals surface area (Å²) in [7, 11) is 4.23. The fraction of sp³-hybridized carbons (Fsp3) is 0.538. The second kappa shape index (κ2) is 7.05. The summed E-state index contributed by atoms with van der Waals surface area (Å²) in [6, 6.07) is 8.88. The van der Waals surface area contributed by atoms with E-state index in [1.165, 1.54) is 10.0 Å². The largest absolute Gasteiger partial charge is 0.310 e. The first-order valence-corrected chi connectivity index (χ1v) is 6.57. The maximum Gasteiger partial charge on any atom is 0.0343 e. The average Bonchev–Trinajstić information content (AvgIpc) is 2.25. The van der Waals surface area contributed by atoms with Crippen molar-refractivity contribution in [3.63, 3.8) is 0 Å². The minimum Gasteiger partial charge on any atom is -0.310 e. The Kier molecular flexibility index (Phi) is 6.03. The summed E-state index contributed by atoms with van der Waals surface area (Å²) in [5.41, 5.74) is 1.35. The highest BCUT2D eigenvalue weighted by Crippen LogP contribution is 2.25. The van der Waals surface area contributed by atoms with E-state index in [9.17, 15) is 0 Å². The third-order valence-corrected chi connectivity index (χ3v) is 3.32. The molecule has 1 rings (SSSR count). The van der Waals surface area contributed by atoms with Gasteiger partial charge in [0.05, 0.1) is 0 Å². The minimum absolute atomic E-state index is 0.433. The molecule has 0 radical (unpaired) electrons. The van der Waals surface area contributed by atoms with Crippen LogP contribution in [-0.4, -0.2) is 32.1 Å². The molecule has 0 amide bonds. The van der Waals surface area contributed by atoms with E-state index in [2.05, 4.69) is 71.4 Å². The SMILES string of the molecule is CCNC(CCN(C)C)c1ccccc1Br. The van der Waals surface area contributed by atoms with Gasteiger partial charge in [-0.05, 0) is 45.2 Å². The molecule has 0 spiro atoms. The molecule has 0 aliphatic rings. The Morgan fingerprint density at radius 1 is 1.31 bits per heavy atom. The van der Waals surface area contributed by atoms with Crippen LogP contribution in [0.5, 0.6) is 0 Å². The summed E-state index contributed by atoms with van der Waals surface area (Å²) < 4.78 is 1.19. The number of rotatable bonds is 6.